The lowest BCUT2D eigenvalue weighted by atomic mass is 9.88. The van der Waals surface area contributed by atoms with E-state index >= 15 is 0 Å². The summed E-state index contributed by atoms with van der Waals surface area (Å²) < 4.78 is 4.98. The van der Waals surface area contributed by atoms with E-state index in [9.17, 15) is 14.4 Å². The first kappa shape index (κ1) is 15.5. The lowest BCUT2D eigenvalue weighted by Gasteiger charge is -2.33. The summed E-state index contributed by atoms with van der Waals surface area (Å²) in [6, 6.07) is -1.64. The highest BCUT2D eigenvalue weighted by molar-refractivity contribution is 5.87. The molecule has 1 rings (SSSR count). The van der Waals surface area contributed by atoms with Gasteiger partial charge in [-0.05, 0) is 18.0 Å². The number of rotatable bonds is 4. The van der Waals surface area contributed by atoms with Gasteiger partial charge in [-0.1, -0.05) is 5.11 Å². The van der Waals surface area contributed by atoms with Crippen molar-refractivity contribution in [3.63, 3.8) is 0 Å². The van der Waals surface area contributed by atoms with Crippen LogP contribution in [0.15, 0.2) is 16.8 Å². The number of amides is 1. The van der Waals surface area contributed by atoms with E-state index in [1.165, 1.54) is 13.0 Å². The maximum absolute atomic E-state index is 11.2. The monoisotopic (exact) mass is 282 g/mol. The van der Waals surface area contributed by atoms with Crippen LogP contribution in [0.4, 0.5) is 0 Å². The Kier molecular flexibility index (Phi) is 5.10. The van der Waals surface area contributed by atoms with Crippen molar-refractivity contribution < 1.29 is 24.2 Å². The molecule has 9 heteroatoms. The van der Waals surface area contributed by atoms with Crippen molar-refractivity contribution in [3.05, 3.63) is 22.1 Å². The molecule has 108 valence electrons. The summed E-state index contributed by atoms with van der Waals surface area (Å²) >= 11 is 0. The fourth-order valence-electron chi connectivity index (χ4n) is 1.99. The number of azide groups is 1. The van der Waals surface area contributed by atoms with Crippen molar-refractivity contribution in [1.29, 1.82) is 0 Å². The van der Waals surface area contributed by atoms with Crippen molar-refractivity contribution in [2.24, 2.45) is 5.11 Å². The lowest BCUT2D eigenvalue weighted by molar-refractivity contribution is -0.147. The SMILES string of the molecule is CC(=O)N[C@@H]1[C@@H](N=[N+]=[N-])CC(C(=O)O)=C[C@H]1OC(C)=O. The number of carbonyl (C=O) groups is 3. The van der Waals surface area contributed by atoms with Crippen LogP contribution in [-0.2, 0) is 19.1 Å². The molecule has 2 N–H and O–H groups in total. The van der Waals surface area contributed by atoms with E-state index in [1.807, 2.05) is 0 Å². The van der Waals surface area contributed by atoms with Gasteiger partial charge in [-0.2, -0.15) is 0 Å². The van der Waals surface area contributed by atoms with E-state index in [1.54, 1.807) is 0 Å². The van der Waals surface area contributed by atoms with E-state index in [0.717, 1.165) is 6.92 Å². The highest BCUT2D eigenvalue weighted by Gasteiger charge is 2.37. The minimum atomic E-state index is -1.19. The topological polar surface area (TPSA) is 141 Å². The highest BCUT2D eigenvalue weighted by Crippen LogP contribution is 2.24. The number of ether oxygens (including phenoxy) is 1. The molecule has 0 aliphatic heterocycles. The second-order valence-corrected chi connectivity index (χ2v) is 4.27. The average molecular weight is 282 g/mol. The van der Waals surface area contributed by atoms with Gasteiger partial charge in [-0.15, -0.1) is 0 Å². The molecule has 0 heterocycles. The number of carbonyl (C=O) groups excluding carboxylic acids is 2. The molecule has 1 aliphatic rings. The van der Waals surface area contributed by atoms with Crippen molar-refractivity contribution >= 4 is 17.8 Å². The third-order valence-electron chi connectivity index (χ3n) is 2.71. The number of esters is 1. The molecule has 3 atom stereocenters. The van der Waals surface area contributed by atoms with E-state index < -0.39 is 36.0 Å². The van der Waals surface area contributed by atoms with Gasteiger partial charge in [0.1, 0.15) is 6.10 Å². The summed E-state index contributed by atoms with van der Waals surface area (Å²) in [6.07, 6.45) is 0.197. The summed E-state index contributed by atoms with van der Waals surface area (Å²) in [5, 5.41) is 15.0. The van der Waals surface area contributed by atoms with Crippen LogP contribution >= 0.6 is 0 Å². The molecule has 0 spiro atoms. The average Bonchev–Trinajstić information content (AvgIpc) is 2.31. The molecular weight excluding hydrogens is 268 g/mol. The molecule has 0 unspecified atom stereocenters. The fraction of sp³-hybridized carbons (Fsp3) is 0.545. The molecule has 0 radical (unpaired) electrons. The van der Waals surface area contributed by atoms with Gasteiger partial charge in [-0.25, -0.2) is 4.79 Å². The Morgan fingerprint density at radius 2 is 2.15 bits per heavy atom. The molecule has 1 amide bonds. The zero-order valence-corrected chi connectivity index (χ0v) is 10.9. The molecule has 0 bridgehead atoms. The smallest absolute Gasteiger partial charge is 0.331 e. The van der Waals surface area contributed by atoms with Crippen LogP contribution in [0.3, 0.4) is 0 Å². The Bertz CT molecular complexity index is 509. The Morgan fingerprint density at radius 3 is 2.60 bits per heavy atom. The molecule has 0 fully saturated rings. The van der Waals surface area contributed by atoms with Gasteiger partial charge in [0.15, 0.2) is 0 Å². The zero-order chi connectivity index (χ0) is 15.3. The molecule has 0 aromatic heterocycles. The molecule has 1 aliphatic carbocycles. The molecule has 9 nitrogen and oxygen atoms in total. The Labute approximate surface area is 114 Å². The van der Waals surface area contributed by atoms with E-state index in [0.29, 0.717) is 0 Å². The van der Waals surface area contributed by atoms with Gasteiger partial charge in [0.2, 0.25) is 5.91 Å². The van der Waals surface area contributed by atoms with Crippen LogP contribution < -0.4 is 5.32 Å². The van der Waals surface area contributed by atoms with Crippen molar-refractivity contribution in [1.82, 2.24) is 5.32 Å². The van der Waals surface area contributed by atoms with E-state index in [2.05, 4.69) is 15.3 Å². The molecule has 0 saturated carbocycles. The molecule has 0 aromatic carbocycles. The normalized spacial score (nSPS) is 24.9. The van der Waals surface area contributed by atoms with Gasteiger partial charge < -0.3 is 15.2 Å². The van der Waals surface area contributed by atoms with Crippen LogP contribution in [0.5, 0.6) is 0 Å². The minimum Gasteiger partial charge on any atom is -0.478 e. The first-order valence-corrected chi connectivity index (χ1v) is 5.77. The van der Waals surface area contributed by atoms with Crippen LogP contribution in [0.1, 0.15) is 20.3 Å². The number of hydrogen-bond acceptors (Lipinski definition) is 5. The minimum absolute atomic E-state index is 0.0322. The summed E-state index contributed by atoms with van der Waals surface area (Å²) in [6.45, 7) is 2.42. The number of nitrogens with one attached hydrogen (secondary N) is 1. The number of carboxylic acids is 1. The van der Waals surface area contributed by atoms with Crippen LogP contribution in [0.2, 0.25) is 0 Å². The Morgan fingerprint density at radius 1 is 1.50 bits per heavy atom. The first-order valence-electron chi connectivity index (χ1n) is 5.77. The summed E-state index contributed by atoms with van der Waals surface area (Å²) in [7, 11) is 0. The maximum atomic E-state index is 11.2. The third kappa shape index (κ3) is 3.99. The second kappa shape index (κ2) is 6.58. The molecular formula is C11H14N4O5. The predicted molar refractivity (Wildman–Crippen MR) is 66.4 cm³/mol. The molecule has 0 aromatic rings. The van der Waals surface area contributed by atoms with Gasteiger partial charge in [-0.3, -0.25) is 9.59 Å². The Balaban J connectivity index is 3.16. The second-order valence-electron chi connectivity index (χ2n) is 4.27. The third-order valence-corrected chi connectivity index (χ3v) is 2.71. The van der Waals surface area contributed by atoms with E-state index in [-0.39, 0.29) is 12.0 Å². The standard InChI is InChI=1S/C11H14N4O5/c1-5(16)13-10-8(14-15-12)3-7(11(18)19)4-9(10)20-6(2)17/h4,8-10H,3H2,1-2H3,(H,13,16)(H,18,19)/t8-,9+,10+/m0/s1. The first-order chi connectivity index (χ1) is 9.35. The van der Waals surface area contributed by atoms with Gasteiger partial charge in [0, 0.05) is 24.3 Å². The van der Waals surface area contributed by atoms with Gasteiger partial charge in [0.05, 0.1) is 12.1 Å². The highest BCUT2D eigenvalue weighted by atomic mass is 16.5. The quantitative estimate of drug-likeness (QED) is 0.334. The number of nitrogens with zero attached hydrogens (tertiary/aromatic N) is 3. The number of aliphatic carboxylic acids is 1. The fourth-order valence-corrected chi connectivity index (χ4v) is 1.99. The van der Waals surface area contributed by atoms with Crippen LogP contribution in [0.25, 0.3) is 10.4 Å². The number of hydrogen-bond donors (Lipinski definition) is 2. The van der Waals surface area contributed by atoms with Crippen LogP contribution in [0, 0.1) is 0 Å². The molecule has 20 heavy (non-hydrogen) atoms. The maximum Gasteiger partial charge on any atom is 0.331 e. The van der Waals surface area contributed by atoms with Gasteiger partial charge >= 0.3 is 11.9 Å². The number of carboxylic acid groups (broad SMARTS) is 1. The predicted octanol–water partition coefficient (Wildman–Crippen LogP) is 0.516. The van der Waals surface area contributed by atoms with Crippen molar-refractivity contribution in [2.45, 2.75) is 38.5 Å². The van der Waals surface area contributed by atoms with Crippen molar-refractivity contribution in [3.8, 4) is 0 Å². The van der Waals surface area contributed by atoms with E-state index in [4.69, 9.17) is 15.4 Å². The zero-order valence-electron chi connectivity index (χ0n) is 10.9. The van der Waals surface area contributed by atoms with Crippen LogP contribution in [-0.4, -0.2) is 41.1 Å². The van der Waals surface area contributed by atoms with Gasteiger partial charge in [0.25, 0.3) is 0 Å². The van der Waals surface area contributed by atoms with Crippen molar-refractivity contribution in [2.75, 3.05) is 0 Å². The summed E-state index contributed by atoms with van der Waals surface area (Å²) in [4.78, 5) is 35.9. The summed E-state index contributed by atoms with van der Waals surface area (Å²) in [5.41, 5.74) is 8.50. The largest absolute Gasteiger partial charge is 0.478 e. The Hall–Kier alpha value is -2.54. The lowest BCUT2D eigenvalue weighted by Crippen LogP contribution is -2.52. The molecule has 0 saturated heterocycles. The summed E-state index contributed by atoms with van der Waals surface area (Å²) in [5.74, 6) is -2.23.